The molecular formula is C11H11F2NO. The molecular weight excluding hydrogens is 200 g/mol. The maximum atomic E-state index is 13.3. The SMILES string of the molecule is CC(C)(C)Oc1c(F)cc(C#N)cc1F. The Kier molecular flexibility index (Phi) is 2.94. The fraction of sp³-hybridized carbons (Fsp3) is 0.364. The smallest absolute Gasteiger partial charge is 0.191 e. The van der Waals surface area contributed by atoms with Crippen LogP contribution in [0.15, 0.2) is 12.1 Å². The van der Waals surface area contributed by atoms with Crippen LogP contribution < -0.4 is 4.74 Å². The third kappa shape index (κ3) is 2.91. The normalized spacial score (nSPS) is 10.9. The molecule has 0 unspecified atom stereocenters. The van der Waals surface area contributed by atoms with E-state index in [4.69, 9.17) is 10.00 Å². The molecule has 0 spiro atoms. The predicted molar refractivity (Wildman–Crippen MR) is 51.5 cm³/mol. The van der Waals surface area contributed by atoms with Gasteiger partial charge in [-0.25, -0.2) is 8.78 Å². The van der Waals surface area contributed by atoms with Crippen LogP contribution in [0.5, 0.6) is 5.75 Å². The van der Waals surface area contributed by atoms with Gasteiger partial charge in [-0.05, 0) is 32.9 Å². The average molecular weight is 211 g/mol. The van der Waals surface area contributed by atoms with Crippen molar-refractivity contribution in [2.24, 2.45) is 0 Å². The van der Waals surface area contributed by atoms with Gasteiger partial charge in [-0.3, -0.25) is 0 Å². The van der Waals surface area contributed by atoms with Crippen LogP contribution in [0, 0.1) is 23.0 Å². The van der Waals surface area contributed by atoms with Crippen LogP contribution in [0.1, 0.15) is 26.3 Å². The van der Waals surface area contributed by atoms with Gasteiger partial charge < -0.3 is 4.74 Å². The van der Waals surface area contributed by atoms with Crippen molar-refractivity contribution < 1.29 is 13.5 Å². The fourth-order valence-corrected chi connectivity index (χ4v) is 1.03. The van der Waals surface area contributed by atoms with Gasteiger partial charge in [-0.2, -0.15) is 5.26 Å². The van der Waals surface area contributed by atoms with Crippen molar-refractivity contribution in [1.82, 2.24) is 0 Å². The van der Waals surface area contributed by atoms with Crippen LogP contribution >= 0.6 is 0 Å². The van der Waals surface area contributed by atoms with Crippen LogP contribution in [-0.4, -0.2) is 5.60 Å². The summed E-state index contributed by atoms with van der Waals surface area (Å²) < 4.78 is 31.7. The lowest BCUT2D eigenvalue weighted by molar-refractivity contribution is 0.117. The predicted octanol–water partition coefficient (Wildman–Crippen LogP) is 3.01. The van der Waals surface area contributed by atoms with E-state index in [0.29, 0.717) is 0 Å². The van der Waals surface area contributed by atoms with Crippen molar-refractivity contribution >= 4 is 0 Å². The van der Waals surface area contributed by atoms with Crippen molar-refractivity contribution in [1.29, 1.82) is 5.26 Å². The maximum absolute atomic E-state index is 13.3. The van der Waals surface area contributed by atoms with Gasteiger partial charge in [0.1, 0.15) is 5.60 Å². The van der Waals surface area contributed by atoms with E-state index in [0.717, 1.165) is 12.1 Å². The molecule has 0 aliphatic carbocycles. The Hall–Kier alpha value is -1.63. The number of nitrogens with zero attached hydrogens (tertiary/aromatic N) is 1. The Balaban J connectivity index is 3.16. The molecule has 0 N–H and O–H groups in total. The second-order valence-corrected chi connectivity index (χ2v) is 4.10. The molecule has 2 nitrogen and oxygen atoms in total. The summed E-state index contributed by atoms with van der Waals surface area (Å²) in [5.74, 6) is -2.16. The molecule has 1 aromatic rings. The Labute approximate surface area is 87.1 Å². The Morgan fingerprint density at radius 1 is 1.20 bits per heavy atom. The summed E-state index contributed by atoms with van der Waals surface area (Å²) in [7, 11) is 0. The second-order valence-electron chi connectivity index (χ2n) is 4.10. The van der Waals surface area contributed by atoms with E-state index < -0.39 is 23.0 Å². The minimum atomic E-state index is -0.860. The van der Waals surface area contributed by atoms with Crippen molar-refractivity contribution in [2.45, 2.75) is 26.4 Å². The second kappa shape index (κ2) is 3.85. The highest BCUT2D eigenvalue weighted by Gasteiger charge is 2.19. The van der Waals surface area contributed by atoms with Crippen LogP contribution in [0.3, 0.4) is 0 Å². The number of ether oxygens (including phenoxy) is 1. The van der Waals surface area contributed by atoms with E-state index >= 15 is 0 Å². The molecule has 4 heteroatoms. The van der Waals surface area contributed by atoms with Crippen molar-refractivity contribution in [3.05, 3.63) is 29.3 Å². The number of hydrogen-bond donors (Lipinski definition) is 0. The molecule has 80 valence electrons. The summed E-state index contributed by atoms with van der Waals surface area (Å²) in [6, 6.07) is 3.56. The summed E-state index contributed by atoms with van der Waals surface area (Å²) in [5, 5.41) is 8.49. The highest BCUT2D eigenvalue weighted by molar-refractivity contribution is 5.37. The fourth-order valence-electron chi connectivity index (χ4n) is 1.03. The summed E-state index contributed by atoms with van der Waals surface area (Å²) in [5.41, 5.74) is -0.748. The van der Waals surface area contributed by atoms with Crippen LogP contribution in [0.4, 0.5) is 8.78 Å². The van der Waals surface area contributed by atoms with Gasteiger partial charge in [0.2, 0.25) is 0 Å². The minimum absolute atomic E-state index is 0.0636. The summed E-state index contributed by atoms with van der Waals surface area (Å²) in [6.45, 7) is 5.05. The van der Waals surface area contributed by atoms with E-state index in [1.807, 2.05) is 0 Å². The molecule has 0 bridgehead atoms. The highest BCUT2D eigenvalue weighted by Crippen LogP contribution is 2.26. The first-order valence-corrected chi connectivity index (χ1v) is 4.41. The molecule has 0 atom stereocenters. The van der Waals surface area contributed by atoms with Crippen molar-refractivity contribution in [3.63, 3.8) is 0 Å². The van der Waals surface area contributed by atoms with Gasteiger partial charge in [0.15, 0.2) is 17.4 Å². The number of rotatable bonds is 1. The Morgan fingerprint density at radius 3 is 2.00 bits per heavy atom. The lowest BCUT2D eigenvalue weighted by atomic mass is 10.1. The van der Waals surface area contributed by atoms with E-state index in [1.54, 1.807) is 26.8 Å². The third-order valence-corrected chi connectivity index (χ3v) is 1.54. The largest absolute Gasteiger partial charge is 0.482 e. The standard InChI is InChI=1S/C11H11F2NO/c1-11(2,3)15-10-8(12)4-7(6-14)5-9(10)13/h4-5H,1-3H3. The zero-order valence-corrected chi connectivity index (χ0v) is 8.77. The van der Waals surface area contributed by atoms with E-state index in [-0.39, 0.29) is 5.56 Å². The highest BCUT2D eigenvalue weighted by atomic mass is 19.1. The third-order valence-electron chi connectivity index (χ3n) is 1.54. The molecule has 0 saturated carbocycles. The quantitative estimate of drug-likeness (QED) is 0.715. The molecule has 0 heterocycles. The topological polar surface area (TPSA) is 33.0 Å². The molecule has 0 saturated heterocycles. The molecule has 0 amide bonds. The summed E-state index contributed by atoms with van der Waals surface area (Å²) in [6.07, 6.45) is 0. The van der Waals surface area contributed by atoms with Crippen molar-refractivity contribution in [3.8, 4) is 11.8 Å². The van der Waals surface area contributed by atoms with E-state index in [2.05, 4.69) is 0 Å². The van der Waals surface area contributed by atoms with Gasteiger partial charge in [0.25, 0.3) is 0 Å². The molecule has 0 radical (unpaired) electrons. The van der Waals surface area contributed by atoms with Crippen LogP contribution in [0.25, 0.3) is 0 Å². The van der Waals surface area contributed by atoms with Gasteiger partial charge in [-0.1, -0.05) is 0 Å². The Morgan fingerprint density at radius 2 is 1.67 bits per heavy atom. The molecule has 1 rings (SSSR count). The first-order chi connectivity index (χ1) is 6.83. The monoisotopic (exact) mass is 211 g/mol. The molecule has 0 aliphatic heterocycles. The lowest BCUT2D eigenvalue weighted by Gasteiger charge is -2.21. The molecule has 0 aliphatic rings. The lowest BCUT2D eigenvalue weighted by Crippen LogP contribution is -2.24. The van der Waals surface area contributed by atoms with Gasteiger partial charge in [0.05, 0.1) is 11.6 Å². The van der Waals surface area contributed by atoms with E-state index in [1.165, 1.54) is 0 Å². The number of benzene rings is 1. The number of halogens is 2. The zero-order valence-electron chi connectivity index (χ0n) is 8.77. The first kappa shape index (κ1) is 11.4. The molecule has 0 fully saturated rings. The Bertz CT molecular complexity index is 393. The molecule has 1 aromatic carbocycles. The summed E-state index contributed by atoms with van der Waals surface area (Å²) in [4.78, 5) is 0. The zero-order chi connectivity index (χ0) is 11.6. The average Bonchev–Trinajstić information content (AvgIpc) is 2.09. The minimum Gasteiger partial charge on any atom is -0.482 e. The van der Waals surface area contributed by atoms with E-state index in [9.17, 15) is 8.78 Å². The molecule has 15 heavy (non-hydrogen) atoms. The van der Waals surface area contributed by atoms with Crippen LogP contribution in [0.2, 0.25) is 0 Å². The maximum Gasteiger partial charge on any atom is 0.191 e. The van der Waals surface area contributed by atoms with Gasteiger partial charge in [-0.15, -0.1) is 0 Å². The number of nitriles is 1. The summed E-state index contributed by atoms with van der Waals surface area (Å²) >= 11 is 0. The number of hydrogen-bond acceptors (Lipinski definition) is 2. The van der Waals surface area contributed by atoms with Crippen LogP contribution in [-0.2, 0) is 0 Å². The van der Waals surface area contributed by atoms with Gasteiger partial charge >= 0.3 is 0 Å². The van der Waals surface area contributed by atoms with Crippen molar-refractivity contribution in [2.75, 3.05) is 0 Å². The van der Waals surface area contributed by atoms with Gasteiger partial charge in [0, 0.05) is 0 Å². The first-order valence-electron chi connectivity index (χ1n) is 4.41. The molecule has 0 aromatic heterocycles.